The van der Waals surface area contributed by atoms with Gasteiger partial charge in [0.25, 0.3) is 0 Å². The zero-order valence-corrected chi connectivity index (χ0v) is 21.1. The molecule has 0 amide bonds. The quantitative estimate of drug-likeness (QED) is 0.303. The van der Waals surface area contributed by atoms with Crippen molar-refractivity contribution in [1.29, 1.82) is 0 Å². The van der Waals surface area contributed by atoms with Gasteiger partial charge >= 0.3 is 0 Å². The van der Waals surface area contributed by atoms with E-state index in [1.165, 1.54) is 22.3 Å². The third-order valence-electron chi connectivity index (χ3n) is 6.49. The molecule has 0 fully saturated rings. The zero-order chi connectivity index (χ0) is 23.1. The van der Waals surface area contributed by atoms with E-state index in [2.05, 4.69) is 109 Å². The van der Waals surface area contributed by atoms with Crippen LogP contribution in [0.5, 0.6) is 0 Å². The molecule has 164 valence electrons. The average Bonchev–Trinajstić information content (AvgIpc) is 2.73. The Morgan fingerprint density at radius 1 is 0.833 bits per heavy atom. The Morgan fingerprint density at radius 2 is 1.27 bits per heavy atom. The Morgan fingerprint density at radius 3 is 1.63 bits per heavy atom. The van der Waals surface area contributed by atoms with E-state index in [0.29, 0.717) is 5.92 Å². The van der Waals surface area contributed by atoms with Crippen molar-refractivity contribution in [1.82, 2.24) is 0 Å². The summed E-state index contributed by atoms with van der Waals surface area (Å²) < 4.78 is 0. The molecule has 0 spiro atoms. The Kier molecular flexibility index (Phi) is 9.68. The summed E-state index contributed by atoms with van der Waals surface area (Å²) in [4.78, 5) is 9.24. The molecule has 1 aliphatic rings. The van der Waals surface area contributed by atoms with Gasteiger partial charge in [0, 0.05) is 25.2 Å². The van der Waals surface area contributed by atoms with E-state index in [-0.39, 0.29) is 5.41 Å². The van der Waals surface area contributed by atoms with Gasteiger partial charge in [0.05, 0.1) is 11.4 Å². The lowest BCUT2D eigenvalue weighted by atomic mass is 9.82. The Balaban J connectivity index is 3.41. The number of nitrogens with zero attached hydrogens (tertiary/aromatic N) is 2. The summed E-state index contributed by atoms with van der Waals surface area (Å²) in [6, 6.07) is 0. The molecule has 0 unspecified atom stereocenters. The van der Waals surface area contributed by atoms with Crippen LogP contribution in [-0.4, -0.2) is 25.5 Å². The average molecular weight is 407 g/mol. The van der Waals surface area contributed by atoms with Crippen molar-refractivity contribution < 1.29 is 0 Å². The van der Waals surface area contributed by atoms with E-state index in [0.717, 1.165) is 29.0 Å². The van der Waals surface area contributed by atoms with E-state index >= 15 is 0 Å². The van der Waals surface area contributed by atoms with Gasteiger partial charge < -0.3 is 0 Å². The topological polar surface area (TPSA) is 24.7 Å². The number of hydrogen-bond acceptors (Lipinski definition) is 2. The fourth-order valence-electron chi connectivity index (χ4n) is 3.05. The van der Waals surface area contributed by atoms with Crippen LogP contribution in [0.3, 0.4) is 0 Å². The molecule has 0 aliphatic heterocycles. The van der Waals surface area contributed by atoms with Gasteiger partial charge in [-0.25, -0.2) is 0 Å². The lowest BCUT2D eigenvalue weighted by Crippen LogP contribution is -2.23. The van der Waals surface area contributed by atoms with Crippen molar-refractivity contribution in [3.8, 4) is 0 Å². The van der Waals surface area contributed by atoms with Gasteiger partial charge in [-0.2, -0.15) is 0 Å². The molecular formula is C28H42N2. The van der Waals surface area contributed by atoms with Gasteiger partial charge in [0.15, 0.2) is 0 Å². The smallest absolute Gasteiger partial charge is 0.0903 e. The van der Waals surface area contributed by atoms with Gasteiger partial charge in [-0.3, -0.25) is 9.98 Å². The molecule has 0 aromatic rings. The molecule has 0 saturated carbocycles. The molecule has 30 heavy (non-hydrogen) atoms. The third kappa shape index (κ3) is 6.39. The normalized spacial score (nSPS) is 20.3. The maximum atomic E-state index is 4.62. The fourth-order valence-corrected chi connectivity index (χ4v) is 3.05. The van der Waals surface area contributed by atoms with Gasteiger partial charge in [0.2, 0.25) is 0 Å². The molecule has 2 nitrogen and oxygen atoms in total. The molecular weight excluding hydrogens is 364 g/mol. The van der Waals surface area contributed by atoms with Crippen LogP contribution in [0.2, 0.25) is 0 Å². The first-order valence-corrected chi connectivity index (χ1v) is 11.1. The van der Waals surface area contributed by atoms with Crippen LogP contribution >= 0.6 is 0 Å². The Labute approximate surface area is 185 Å². The lowest BCUT2D eigenvalue weighted by Gasteiger charge is -2.24. The largest absolute Gasteiger partial charge is 0.286 e. The molecule has 0 aromatic heterocycles. The summed E-state index contributed by atoms with van der Waals surface area (Å²) >= 11 is 0. The molecule has 0 aromatic carbocycles. The minimum Gasteiger partial charge on any atom is -0.286 e. The third-order valence-corrected chi connectivity index (χ3v) is 6.49. The molecule has 0 N–H and O–H groups in total. The van der Waals surface area contributed by atoms with E-state index < -0.39 is 0 Å². The number of hydrogen-bond donors (Lipinski definition) is 0. The highest BCUT2D eigenvalue weighted by Gasteiger charge is 2.22. The second kappa shape index (κ2) is 11.2. The molecule has 1 rings (SSSR count). The van der Waals surface area contributed by atoms with Crippen molar-refractivity contribution in [2.75, 3.05) is 14.1 Å². The molecule has 1 aliphatic carbocycles. The highest BCUT2D eigenvalue weighted by atomic mass is 14.8. The van der Waals surface area contributed by atoms with Crippen molar-refractivity contribution in [2.24, 2.45) is 21.3 Å². The van der Waals surface area contributed by atoms with Gasteiger partial charge in [-0.1, -0.05) is 82.2 Å². The number of allylic oxidation sites excluding steroid dienone is 12. The van der Waals surface area contributed by atoms with Crippen molar-refractivity contribution in [2.45, 2.75) is 68.7 Å². The van der Waals surface area contributed by atoms with Crippen LogP contribution in [-0.2, 0) is 0 Å². The maximum Gasteiger partial charge on any atom is 0.0903 e. The molecule has 0 heterocycles. The van der Waals surface area contributed by atoms with Crippen molar-refractivity contribution in [3.05, 3.63) is 69.9 Å². The summed E-state index contributed by atoms with van der Waals surface area (Å²) in [6.45, 7) is 20.0. The number of aliphatic imine (C=N–C) groups is 2. The van der Waals surface area contributed by atoms with Crippen LogP contribution in [0.15, 0.2) is 79.9 Å². The van der Waals surface area contributed by atoms with Gasteiger partial charge in [-0.15, -0.1) is 0 Å². The second-order valence-corrected chi connectivity index (χ2v) is 9.16. The summed E-state index contributed by atoms with van der Waals surface area (Å²) in [7, 11) is 3.71. The van der Waals surface area contributed by atoms with Gasteiger partial charge in [-0.05, 0) is 56.6 Å². The van der Waals surface area contributed by atoms with Crippen molar-refractivity contribution >= 4 is 11.4 Å². The molecule has 0 saturated heterocycles. The first-order chi connectivity index (χ1) is 14.0. The van der Waals surface area contributed by atoms with Crippen LogP contribution < -0.4 is 0 Å². The molecule has 0 bridgehead atoms. The highest BCUT2D eigenvalue weighted by molar-refractivity contribution is 6.56. The minimum absolute atomic E-state index is 0.214. The molecule has 0 radical (unpaired) electrons. The first kappa shape index (κ1) is 25.8. The summed E-state index contributed by atoms with van der Waals surface area (Å²) in [6.07, 6.45) is 14.4. The molecule has 2 heteroatoms. The second-order valence-electron chi connectivity index (χ2n) is 9.16. The van der Waals surface area contributed by atoms with Crippen LogP contribution in [0.1, 0.15) is 68.7 Å². The van der Waals surface area contributed by atoms with Crippen LogP contribution in [0.4, 0.5) is 0 Å². The Bertz CT molecular complexity index is 876. The standard InChI is InChI=1S/C28H42N2/c1-12-28(8,9)23(7)16-15-22(6)25-18-17-24(26(29-10)27(25)30-11)21(5)14-13-20(4)19(2)3/h13-19H,12H2,1-11H3/b20-13+,21-14+,22-15+,23-16+,29-26-,30-27-. The van der Waals surface area contributed by atoms with E-state index in [1.807, 2.05) is 14.1 Å². The fraction of sp³-hybridized carbons (Fsp3) is 0.500. The summed E-state index contributed by atoms with van der Waals surface area (Å²) in [5.74, 6) is 0.551. The highest BCUT2D eigenvalue weighted by Crippen LogP contribution is 2.30. The maximum absolute atomic E-state index is 4.62. The minimum atomic E-state index is 0.214. The monoisotopic (exact) mass is 406 g/mol. The first-order valence-electron chi connectivity index (χ1n) is 11.1. The predicted octanol–water partition coefficient (Wildman–Crippen LogP) is 7.87. The van der Waals surface area contributed by atoms with E-state index in [9.17, 15) is 0 Å². The van der Waals surface area contributed by atoms with Crippen LogP contribution in [0.25, 0.3) is 0 Å². The predicted molar refractivity (Wildman–Crippen MR) is 137 cm³/mol. The zero-order valence-electron chi connectivity index (χ0n) is 21.1. The van der Waals surface area contributed by atoms with Crippen molar-refractivity contribution in [3.63, 3.8) is 0 Å². The van der Waals surface area contributed by atoms with Crippen LogP contribution in [0, 0.1) is 11.3 Å². The summed E-state index contributed by atoms with van der Waals surface area (Å²) in [5, 5.41) is 0. The summed E-state index contributed by atoms with van der Waals surface area (Å²) in [5.41, 5.74) is 9.59. The van der Waals surface area contributed by atoms with E-state index in [1.54, 1.807) is 0 Å². The Hall–Kier alpha value is -2.22. The lowest BCUT2D eigenvalue weighted by molar-refractivity contribution is 0.429. The SMILES string of the molecule is CCC(C)(C)/C(C)=C/C=C(\C)C1=CC=C(/C(C)=C/C=C(\C)C(C)C)C(=N/C)/C1=N\C. The molecule has 0 atom stereocenters. The number of rotatable bonds is 7. The van der Waals surface area contributed by atoms with Gasteiger partial charge in [0.1, 0.15) is 0 Å². The van der Waals surface area contributed by atoms with E-state index in [4.69, 9.17) is 0 Å².